The number of aliphatic hydroxyl groups excluding tert-OH is 1. The van der Waals surface area contributed by atoms with Gasteiger partial charge in [-0.05, 0) is 62.2 Å². The largest absolute Gasteiger partial charge is 0.507 e. The first-order valence-electron chi connectivity index (χ1n) is 13.0. The van der Waals surface area contributed by atoms with E-state index in [1.165, 1.54) is 0 Å². The molecule has 0 spiro atoms. The standard InChI is InChI=1S/C29H36N2O6/c1-4-17-36-23-9-5-21(6-10-23)26-25(27(32)22-7-11-24(12-8-22)37-20(2)3)28(33)29(34)31(26)14-13-30-15-18-35-19-16-30/h5-12,20,26,32H,4,13-19H2,1-3H3/t26-/m1/s1. The van der Waals surface area contributed by atoms with Crippen LogP contribution in [0.4, 0.5) is 0 Å². The summed E-state index contributed by atoms with van der Waals surface area (Å²) in [5.41, 5.74) is 1.29. The van der Waals surface area contributed by atoms with Crippen molar-refractivity contribution >= 4 is 17.4 Å². The fourth-order valence-corrected chi connectivity index (χ4v) is 4.62. The Morgan fingerprint density at radius 1 is 1.00 bits per heavy atom. The maximum Gasteiger partial charge on any atom is 0.295 e. The molecule has 1 amide bonds. The molecule has 2 aromatic carbocycles. The molecule has 0 radical (unpaired) electrons. The molecule has 0 aromatic heterocycles. The van der Waals surface area contributed by atoms with Gasteiger partial charge in [0.2, 0.25) is 0 Å². The van der Waals surface area contributed by atoms with Crippen LogP contribution in [0.3, 0.4) is 0 Å². The number of nitrogens with zero attached hydrogens (tertiary/aromatic N) is 2. The van der Waals surface area contributed by atoms with Gasteiger partial charge in [0.25, 0.3) is 11.7 Å². The monoisotopic (exact) mass is 508 g/mol. The Bertz CT molecular complexity index is 1100. The molecule has 8 nitrogen and oxygen atoms in total. The van der Waals surface area contributed by atoms with E-state index in [9.17, 15) is 14.7 Å². The Morgan fingerprint density at radius 2 is 1.65 bits per heavy atom. The first kappa shape index (κ1) is 26.7. The van der Waals surface area contributed by atoms with E-state index in [4.69, 9.17) is 14.2 Å². The Hall–Kier alpha value is -3.36. The highest BCUT2D eigenvalue weighted by Gasteiger charge is 2.46. The molecule has 0 bridgehead atoms. The second-order valence-corrected chi connectivity index (χ2v) is 9.55. The van der Waals surface area contributed by atoms with Gasteiger partial charge in [0, 0.05) is 31.7 Å². The first-order valence-corrected chi connectivity index (χ1v) is 13.0. The molecule has 2 aliphatic rings. The Labute approximate surface area is 218 Å². The van der Waals surface area contributed by atoms with Gasteiger partial charge >= 0.3 is 0 Å². The van der Waals surface area contributed by atoms with Crippen LogP contribution in [0.2, 0.25) is 0 Å². The van der Waals surface area contributed by atoms with E-state index in [0.717, 1.165) is 30.8 Å². The van der Waals surface area contributed by atoms with Crippen LogP contribution in [0, 0.1) is 0 Å². The lowest BCUT2D eigenvalue weighted by molar-refractivity contribution is -0.140. The van der Waals surface area contributed by atoms with Gasteiger partial charge in [0.1, 0.15) is 17.3 Å². The van der Waals surface area contributed by atoms with Crippen LogP contribution < -0.4 is 9.47 Å². The molecule has 1 atom stereocenters. The van der Waals surface area contributed by atoms with Crippen molar-refractivity contribution in [2.24, 2.45) is 0 Å². The number of ketones is 1. The summed E-state index contributed by atoms with van der Waals surface area (Å²) in [6.07, 6.45) is 0.908. The van der Waals surface area contributed by atoms with E-state index in [1.54, 1.807) is 29.2 Å². The normalized spacial score (nSPS) is 20.0. The number of likely N-dealkylation sites (tertiary alicyclic amines) is 1. The highest BCUT2D eigenvalue weighted by atomic mass is 16.5. The average Bonchev–Trinajstić information content (AvgIpc) is 3.16. The number of carbonyl (C=O) groups is 2. The molecular formula is C29H36N2O6. The third-order valence-corrected chi connectivity index (χ3v) is 6.47. The fraction of sp³-hybridized carbons (Fsp3) is 0.448. The highest BCUT2D eigenvalue weighted by Crippen LogP contribution is 2.40. The Kier molecular flexibility index (Phi) is 8.84. The van der Waals surface area contributed by atoms with Gasteiger partial charge in [-0.3, -0.25) is 14.5 Å². The third kappa shape index (κ3) is 6.32. The lowest BCUT2D eigenvalue weighted by Gasteiger charge is -2.31. The summed E-state index contributed by atoms with van der Waals surface area (Å²) in [6.45, 7) is 10.4. The predicted octanol–water partition coefficient (Wildman–Crippen LogP) is 4.02. The second kappa shape index (κ2) is 12.3. The smallest absolute Gasteiger partial charge is 0.295 e. The zero-order valence-electron chi connectivity index (χ0n) is 21.8. The maximum absolute atomic E-state index is 13.3. The number of hydrogen-bond donors (Lipinski definition) is 1. The fourth-order valence-electron chi connectivity index (χ4n) is 4.62. The van der Waals surface area contributed by atoms with Crippen molar-refractivity contribution < 1.29 is 28.9 Å². The van der Waals surface area contributed by atoms with Crippen molar-refractivity contribution in [1.29, 1.82) is 0 Å². The average molecular weight is 509 g/mol. The number of ether oxygens (including phenoxy) is 3. The van der Waals surface area contributed by atoms with Crippen molar-refractivity contribution in [3.05, 3.63) is 65.2 Å². The summed E-state index contributed by atoms with van der Waals surface area (Å²) in [6, 6.07) is 13.6. The zero-order chi connectivity index (χ0) is 26.4. The summed E-state index contributed by atoms with van der Waals surface area (Å²) in [4.78, 5) is 30.3. The van der Waals surface area contributed by atoms with E-state index >= 15 is 0 Å². The molecule has 2 heterocycles. The second-order valence-electron chi connectivity index (χ2n) is 9.55. The molecule has 2 aliphatic heterocycles. The summed E-state index contributed by atoms with van der Waals surface area (Å²) in [7, 11) is 0. The molecule has 4 rings (SSSR count). The molecule has 8 heteroatoms. The molecule has 1 N–H and O–H groups in total. The zero-order valence-corrected chi connectivity index (χ0v) is 21.8. The van der Waals surface area contributed by atoms with Crippen LogP contribution >= 0.6 is 0 Å². The van der Waals surface area contributed by atoms with Gasteiger partial charge in [0.15, 0.2) is 0 Å². The molecule has 2 aromatic rings. The summed E-state index contributed by atoms with van der Waals surface area (Å²) in [5, 5.41) is 11.3. The molecule has 2 saturated heterocycles. The molecule has 0 aliphatic carbocycles. The maximum atomic E-state index is 13.3. The minimum absolute atomic E-state index is 0.0144. The number of aliphatic hydroxyl groups is 1. The molecule has 0 unspecified atom stereocenters. The number of amides is 1. The van der Waals surface area contributed by atoms with E-state index < -0.39 is 17.7 Å². The van der Waals surface area contributed by atoms with Crippen molar-refractivity contribution in [2.75, 3.05) is 46.0 Å². The SMILES string of the molecule is CCCOc1ccc([C@@H]2C(=C(O)c3ccc(OC(C)C)cc3)C(=O)C(=O)N2CCN2CCOCC2)cc1. The summed E-state index contributed by atoms with van der Waals surface area (Å²) >= 11 is 0. The molecule has 0 saturated carbocycles. The van der Waals surface area contributed by atoms with Crippen LogP contribution in [0.1, 0.15) is 44.4 Å². The number of hydrogen-bond acceptors (Lipinski definition) is 7. The first-order chi connectivity index (χ1) is 17.9. The minimum Gasteiger partial charge on any atom is -0.507 e. The Balaban J connectivity index is 1.68. The van der Waals surface area contributed by atoms with Gasteiger partial charge in [-0.1, -0.05) is 19.1 Å². The van der Waals surface area contributed by atoms with Crippen LogP contribution in [0.5, 0.6) is 11.5 Å². The minimum atomic E-state index is -0.701. The van der Waals surface area contributed by atoms with Gasteiger partial charge < -0.3 is 24.2 Å². The molecule has 37 heavy (non-hydrogen) atoms. The van der Waals surface area contributed by atoms with Crippen LogP contribution in [0.25, 0.3) is 5.76 Å². The molecule has 198 valence electrons. The van der Waals surface area contributed by atoms with Crippen molar-refractivity contribution in [3.63, 3.8) is 0 Å². The van der Waals surface area contributed by atoms with E-state index in [-0.39, 0.29) is 17.4 Å². The van der Waals surface area contributed by atoms with Gasteiger partial charge in [-0.25, -0.2) is 0 Å². The van der Waals surface area contributed by atoms with Crippen molar-refractivity contribution in [3.8, 4) is 11.5 Å². The van der Waals surface area contributed by atoms with Crippen molar-refractivity contribution in [1.82, 2.24) is 9.80 Å². The summed E-state index contributed by atoms with van der Waals surface area (Å²) in [5.74, 6) is -0.0999. The summed E-state index contributed by atoms with van der Waals surface area (Å²) < 4.78 is 16.8. The number of Topliss-reactive ketones (excluding diaryl/α,β-unsaturated/α-hetero) is 1. The highest BCUT2D eigenvalue weighted by molar-refractivity contribution is 6.46. The van der Waals surface area contributed by atoms with Crippen LogP contribution in [-0.2, 0) is 14.3 Å². The number of carbonyl (C=O) groups excluding carboxylic acids is 2. The lowest BCUT2D eigenvalue weighted by Crippen LogP contribution is -2.42. The van der Waals surface area contributed by atoms with E-state index in [2.05, 4.69) is 4.90 Å². The topological polar surface area (TPSA) is 88.5 Å². The lowest BCUT2D eigenvalue weighted by atomic mass is 9.95. The number of benzene rings is 2. The number of rotatable bonds is 10. The van der Waals surface area contributed by atoms with Gasteiger partial charge in [-0.15, -0.1) is 0 Å². The molecular weight excluding hydrogens is 472 g/mol. The van der Waals surface area contributed by atoms with E-state index in [1.807, 2.05) is 45.0 Å². The van der Waals surface area contributed by atoms with Crippen molar-refractivity contribution in [2.45, 2.75) is 39.3 Å². The van der Waals surface area contributed by atoms with Crippen LogP contribution in [-0.4, -0.2) is 78.7 Å². The quantitative estimate of drug-likeness (QED) is 0.295. The van der Waals surface area contributed by atoms with Gasteiger partial charge in [-0.2, -0.15) is 0 Å². The third-order valence-electron chi connectivity index (χ3n) is 6.47. The van der Waals surface area contributed by atoms with E-state index in [0.29, 0.717) is 44.2 Å². The van der Waals surface area contributed by atoms with Crippen LogP contribution in [0.15, 0.2) is 54.1 Å². The number of morpholine rings is 1. The van der Waals surface area contributed by atoms with Gasteiger partial charge in [0.05, 0.1) is 37.5 Å². The Morgan fingerprint density at radius 3 is 2.27 bits per heavy atom. The predicted molar refractivity (Wildman–Crippen MR) is 141 cm³/mol. The molecule has 2 fully saturated rings.